The molecule has 0 radical (unpaired) electrons. The summed E-state index contributed by atoms with van der Waals surface area (Å²) in [6, 6.07) is 6.13. The van der Waals surface area contributed by atoms with Crippen molar-refractivity contribution in [3.05, 3.63) is 29.8 Å². The Morgan fingerprint density at radius 3 is 2.35 bits per heavy atom. The third-order valence-electron chi connectivity index (χ3n) is 2.32. The second kappa shape index (κ2) is 6.90. The predicted molar refractivity (Wildman–Crippen MR) is 75.4 cm³/mol. The van der Waals surface area contributed by atoms with Gasteiger partial charge in [0.25, 0.3) is 11.8 Å². The van der Waals surface area contributed by atoms with E-state index in [0.29, 0.717) is 17.7 Å². The van der Waals surface area contributed by atoms with Gasteiger partial charge in [0.05, 0.1) is 12.3 Å². The fraction of sp³-hybridized carbons (Fsp3) is 0.333. The minimum Gasteiger partial charge on any atom is -0.399 e. The van der Waals surface area contributed by atoms with E-state index in [4.69, 9.17) is 5.73 Å². The van der Waals surface area contributed by atoms with E-state index in [1.165, 1.54) is 12.1 Å². The lowest BCUT2D eigenvalue weighted by atomic mass is 10.2. The number of sulfonamides is 1. The lowest BCUT2D eigenvalue weighted by molar-refractivity contribution is -0.118. The summed E-state index contributed by atoms with van der Waals surface area (Å²) < 4.78 is 24.5. The fourth-order valence-electron chi connectivity index (χ4n) is 1.43. The number of benzene rings is 1. The number of carbonyl (C=O) groups excluding carboxylic acids is 2. The number of rotatable bonds is 6. The first kappa shape index (κ1) is 16.0. The molecule has 0 unspecified atom stereocenters. The first-order valence-electron chi connectivity index (χ1n) is 6.01. The summed E-state index contributed by atoms with van der Waals surface area (Å²) in [4.78, 5) is 23.1. The molecule has 0 bridgehead atoms. The lowest BCUT2D eigenvalue weighted by Gasteiger charge is -2.07. The van der Waals surface area contributed by atoms with Crippen LogP contribution in [0.15, 0.2) is 24.3 Å². The van der Waals surface area contributed by atoms with E-state index in [1.807, 2.05) is 4.72 Å². The van der Waals surface area contributed by atoms with Crippen molar-refractivity contribution in [2.24, 2.45) is 0 Å². The van der Waals surface area contributed by atoms with Crippen LogP contribution >= 0.6 is 0 Å². The van der Waals surface area contributed by atoms with Crippen molar-refractivity contribution in [1.82, 2.24) is 10.0 Å². The van der Waals surface area contributed by atoms with Crippen molar-refractivity contribution in [3.63, 3.8) is 0 Å². The second-order valence-electron chi connectivity index (χ2n) is 4.15. The van der Waals surface area contributed by atoms with E-state index >= 15 is 0 Å². The molecule has 1 aromatic carbocycles. The zero-order valence-electron chi connectivity index (χ0n) is 11.0. The number of amides is 2. The second-order valence-corrected chi connectivity index (χ2v) is 5.99. The first-order chi connectivity index (χ1) is 9.34. The molecular formula is C12H17N3O4S. The van der Waals surface area contributed by atoms with Crippen molar-refractivity contribution < 1.29 is 18.0 Å². The van der Waals surface area contributed by atoms with E-state index in [-0.39, 0.29) is 5.75 Å². The van der Waals surface area contributed by atoms with Crippen molar-refractivity contribution in [3.8, 4) is 0 Å². The summed E-state index contributed by atoms with van der Waals surface area (Å²) in [5.41, 5.74) is 6.34. The molecule has 20 heavy (non-hydrogen) atoms. The van der Waals surface area contributed by atoms with Gasteiger partial charge in [-0.25, -0.2) is 8.42 Å². The summed E-state index contributed by atoms with van der Waals surface area (Å²) in [5.74, 6) is -1.39. The number of nitrogens with one attached hydrogen (secondary N) is 2. The molecule has 0 saturated carbocycles. The van der Waals surface area contributed by atoms with Gasteiger partial charge in [-0.15, -0.1) is 0 Å². The number of carbonyl (C=O) groups is 2. The van der Waals surface area contributed by atoms with Crippen molar-refractivity contribution in [2.75, 3.05) is 18.0 Å². The maximum Gasteiger partial charge on any atom is 0.252 e. The molecule has 4 N–H and O–H groups in total. The number of hydrogen-bond acceptors (Lipinski definition) is 5. The smallest absolute Gasteiger partial charge is 0.252 e. The third kappa shape index (κ3) is 5.27. The Hall–Kier alpha value is -2.09. The minimum absolute atomic E-state index is 0.134. The van der Waals surface area contributed by atoms with Gasteiger partial charge in [0.15, 0.2) is 0 Å². The fourth-order valence-corrected chi connectivity index (χ4v) is 2.48. The number of nitrogen functional groups attached to an aromatic ring is 1. The normalized spacial score (nSPS) is 10.8. The Kier molecular flexibility index (Phi) is 5.51. The van der Waals surface area contributed by atoms with Crippen LogP contribution in [-0.4, -0.2) is 32.5 Å². The van der Waals surface area contributed by atoms with Crippen LogP contribution in [0.2, 0.25) is 0 Å². The SMILES string of the molecule is CCCS(=O)(=O)NC(=O)CNC(=O)c1ccc(N)cc1. The summed E-state index contributed by atoms with van der Waals surface area (Å²) in [5, 5.41) is 2.33. The van der Waals surface area contributed by atoms with Gasteiger partial charge < -0.3 is 11.1 Å². The summed E-state index contributed by atoms with van der Waals surface area (Å²) in [6.07, 6.45) is 0.403. The van der Waals surface area contributed by atoms with Crippen molar-refractivity contribution in [2.45, 2.75) is 13.3 Å². The highest BCUT2D eigenvalue weighted by Crippen LogP contribution is 2.04. The summed E-state index contributed by atoms with van der Waals surface area (Å²) in [7, 11) is -3.62. The van der Waals surface area contributed by atoms with Gasteiger partial charge >= 0.3 is 0 Å². The molecule has 0 aliphatic rings. The van der Waals surface area contributed by atoms with Gasteiger partial charge in [-0.2, -0.15) is 0 Å². The van der Waals surface area contributed by atoms with E-state index in [1.54, 1.807) is 19.1 Å². The Morgan fingerprint density at radius 1 is 1.20 bits per heavy atom. The largest absolute Gasteiger partial charge is 0.399 e. The molecule has 0 atom stereocenters. The molecule has 0 spiro atoms. The molecule has 0 aromatic heterocycles. The highest BCUT2D eigenvalue weighted by Gasteiger charge is 2.14. The van der Waals surface area contributed by atoms with Crippen molar-refractivity contribution in [1.29, 1.82) is 0 Å². The molecular weight excluding hydrogens is 282 g/mol. The van der Waals surface area contributed by atoms with Gasteiger partial charge in [0.2, 0.25) is 10.0 Å². The van der Waals surface area contributed by atoms with Crippen LogP contribution < -0.4 is 15.8 Å². The van der Waals surface area contributed by atoms with Crippen LogP contribution in [0.3, 0.4) is 0 Å². The van der Waals surface area contributed by atoms with E-state index < -0.39 is 28.4 Å². The maximum atomic E-state index is 11.7. The van der Waals surface area contributed by atoms with Gasteiger partial charge in [-0.3, -0.25) is 14.3 Å². The zero-order valence-corrected chi connectivity index (χ0v) is 11.9. The Bertz CT molecular complexity index is 581. The van der Waals surface area contributed by atoms with E-state index in [2.05, 4.69) is 5.32 Å². The quantitative estimate of drug-likeness (QED) is 0.631. The molecule has 1 rings (SSSR count). The average molecular weight is 299 g/mol. The highest BCUT2D eigenvalue weighted by molar-refractivity contribution is 7.90. The van der Waals surface area contributed by atoms with Crippen LogP contribution in [-0.2, 0) is 14.8 Å². The van der Waals surface area contributed by atoms with Crippen LogP contribution in [0.5, 0.6) is 0 Å². The molecule has 7 nitrogen and oxygen atoms in total. The highest BCUT2D eigenvalue weighted by atomic mass is 32.2. The minimum atomic E-state index is -3.62. The van der Waals surface area contributed by atoms with Crippen molar-refractivity contribution >= 4 is 27.5 Å². The monoisotopic (exact) mass is 299 g/mol. The number of hydrogen-bond donors (Lipinski definition) is 3. The molecule has 8 heteroatoms. The van der Waals surface area contributed by atoms with Crippen LogP contribution in [0, 0.1) is 0 Å². The summed E-state index contributed by atoms with van der Waals surface area (Å²) >= 11 is 0. The van der Waals surface area contributed by atoms with Gasteiger partial charge in [-0.1, -0.05) is 6.92 Å². The lowest BCUT2D eigenvalue weighted by Crippen LogP contribution is -2.40. The predicted octanol–water partition coefficient (Wildman–Crippen LogP) is -0.145. The van der Waals surface area contributed by atoms with Gasteiger partial charge in [0.1, 0.15) is 0 Å². The number of nitrogens with two attached hydrogens (primary N) is 1. The number of anilines is 1. The molecule has 0 aliphatic heterocycles. The molecule has 110 valence electrons. The first-order valence-corrected chi connectivity index (χ1v) is 7.66. The average Bonchev–Trinajstić information content (AvgIpc) is 2.36. The standard InChI is InChI=1S/C12H17N3O4S/c1-2-7-20(18,19)15-11(16)8-14-12(17)9-3-5-10(13)6-4-9/h3-6H,2,7-8,13H2,1H3,(H,14,17)(H,15,16). The molecule has 1 aromatic rings. The topological polar surface area (TPSA) is 118 Å². The van der Waals surface area contributed by atoms with Gasteiger partial charge in [-0.05, 0) is 30.7 Å². The van der Waals surface area contributed by atoms with E-state index in [9.17, 15) is 18.0 Å². The molecule has 2 amide bonds. The maximum absolute atomic E-state index is 11.7. The summed E-state index contributed by atoms with van der Waals surface area (Å²) in [6.45, 7) is 1.28. The Morgan fingerprint density at radius 2 is 1.80 bits per heavy atom. The van der Waals surface area contributed by atoms with Crippen LogP contribution in [0.4, 0.5) is 5.69 Å². The van der Waals surface area contributed by atoms with Gasteiger partial charge in [0, 0.05) is 11.3 Å². The molecule has 0 saturated heterocycles. The zero-order chi connectivity index (χ0) is 15.2. The Labute approximate surface area is 117 Å². The third-order valence-corrected chi connectivity index (χ3v) is 3.81. The molecule has 0 aliphatic carbocycles. The molecule has 0 heterocycles. The van der Waals surface area contributed by atoms with Crippen LogP contribution in [0.25, 0.3) is 0 Å². The van der Waals surface area contributed by atoms with E-state index in [0.717, 1.165) is 0 Å². The van der Waals surface area contributed by atoms with Crippen LogP contribution in [0.1, 0.15) is 23.7 Å². The Balaban J connectivity index is 2.49. The molecule has 0 fully saturated rings.